The second-order valence-electron chi connectivity index (χ2n) is 10.4. The minimum Gasteiger partial charge on any atom is -0.208 e. The zero-order valence-electron chi connectivity index (χ0n) is 21.9. The molecular weight excluding hydrogens is 518 g/mol. The molecule has 0 bridgehead atoms. The minimum absolute atomic E-state index is 0.678. The van der Waals surface area contributed by atoms with E-state index in [1.165, 1.54) is 52.5 Å². The van der Waals surface area contributed by atoms with Crippen LogP contribution >= 0.6 is 11.3 Å². The third-order valence-electron chi connectivity index (χ3n) is 8.07. The van der Waals surface area contributed by atoms with Crippen molar-refractivity contribution in [3.8, 4) is 34.2 Å². The summed E-state index contributed by atoms with van der Waals surface area (Å²) in [5.74, 6) is 2.05. The fourth-order valence-electron chi connectivity index (χ4n) is 6.24. The van der Waals surface area contributed by atoms with Gasteiger partial charge in [-0.15, -0.1) is 11.3 Å². The van der Waals surface area contributed by atoms with Crippen molar-refractivity contribution in [2.45, 2.75) is 0 Å². The average molecular weight is 540 g/mol. The molecule has 0 radical (unpaired) electrons. The first-order valence-electron chi connectivity index (χ1n) is 13.7. The Hall–Kier alpha value is -5.19. The Morgan fingerprint density at radius 3 is 1.76 bits per heavy atom. The Morgan fingerprint density at radius 1 is 0.390 bits per heavy atom. The fourth-order valence-corrected chi connectivity index (χ4v) is 7.51. The first-order valence-corrected chi connectivity index (χ1v) is 14.5. The van der Waals surface area contributed by atoms with Crippen molar-refractivity contribution < 1.29 is 0 Å². The highest BCUT2D eigenvalue weighted by Crippen LogP contribution is 2.49. The highest BCUT2D eigenvalue weighted by atomic mass is 32.1. The summed E-state index contributed by atoms with van der Waals surface area (Å²) < 4.78 is 2.50. The number of hydrogen-bond donors (Lipinski definition) is 0. The molecule has 0 saturated heterocycles. The van der Waals surface area contributed by atoms with Crippen LogP contribution in [0.5, 0.6) is 0 Å². The van der Waals surface area contributed by atoms with Crippen LogP contribution in [0, 0.1) is 0 Å². The van der Waals surface area contributed by atoms with Crippen molar-refractivity contribution >= 4 is 63.8 Å². The van der Waals surface area contributed by atoms with Gasteiger partial charge in [0.15, 0.2) is 17.5 Å². The van der Waals surface area contributed by atoms with Crippen LogP contribution < -0.4 is 0 Å². The Balaban J connectivity index is 1.40. The van der Waals surface area contributed by atoms with Crippen molar-refractivity contribution in [1.82, 2.24) is 15.0 Å². The van der Waals surface area contributed by atoms with Gasteiger partial charge in [-0.3, -0.25) is 0 Å². The second-order valence-corrected chi connectivity index (χ2v) is 11.4. The monoisotopic (exact) mass is 539 g/mol. The van der Waals surface area contributed by atoms with Gasteiger partial charge in [0, 0.05) is 36.9 Å². The van der Waals surface area contributed by atoms with Crippen LogP contribution in [0.1, 0.15) is 0 Å². The standard InChI is InChI=1S/C37H21N3S/c1-3-11-23(12-4-1)35-38-36(24-13-5-2-6-14-24)40-37(39-35)29-21-20-28-31-25-15-8-7-10-22(25)18-19-27(31)26-16-9-17-30-32(26)33(28)34(29)41-30/h1-21H. The summed E-state index contributed by atoms with van der Waals surface area (Å²) in [4.78, 5) is 15.0. The molecule has 0 atom stereocenters. The molecule has 0 unspecified atom stereocenters. The molecule has 2 aromatic heterocycles. The number of hydrogen-bond acceptors (Lipinski definition) is 4. The Kier molecular flexibility index (Phi) is 4.77. The van der Waals surface area contributed by atoms with Gasteiger partial charge in [-0.25, -0.2) is 15.0 Å². The van der Waals surface area contributed by atoms with Gasteiger partial charge in [0.1, 0.15) is 0 Å². The molecule has 0 aliphatic carbocycles. The van der Waals surface area contributed by atoms with Crippen molar-refractivity contribution in [2.24, 2.45) is 0 Å². The van der Waals surface area contributed by atoms with E-state index in [2.05, 4.69) is 91.0 Å². The highest BCUT2D eigenvalue weighted by Gasteiger charge is 2.21. The summed E-state index contributed by atoms with van der Waals surface area (Å²) in [6.45, 7) is 0. The lowest BCUT2D eigenvalue weighted by atomic mass is 9.90. The Labute approximate surface area is 239 Å². The molecule has 0 aliphatic rings. The summed E-state index contributed by atoms with van der Waals surface area (Å²) in [5, 5.41) is 10.3. The van der Waals surface area contributed by atoms with Crippen molar-refractivity contribution in [2.75, 3.05) is 0 Å². The zero-order chi connectivity index (χ0) is 26.9. The molecule has 41 heavy (non-hydrogen) atoms. The van der Waals surface area contributed by atoms with Crippen molar-refractivity contribution in [3.63, 3.8) is 0 Å². The molecule has 190 valence electrons. The fraction of sp³-hybridized carbons (Fsp3) is 0. The molecule has 3 nitrogen and oxygen atoms in total. The third kappa shape index (κ3) is 3.35. The average Bonchev–Trinajstić information content (AvgIpc) is 3.45. The molecule has 0 amide bonds. The van der Waals surface area contributed by atoms with E-state index in [1.807, 2.05) is 47.7 Å². The van der Waals surface area contributed by atoms with Gasteiger partial charge in [0.25, 0.3) is 0 Å². The maximum absolute atomic E-state index is 5.07. The molecule has 9 rings (SSSR count). The van der Waals surface area contributed by atoms with Crippen LogP contribution in [-0.4, -0.2) is 15.0 Å². The number of thiophene rings is 1. The number of aromatic nitrogens is 3. The predicted molar refractivity (Wildman–Crippen MR) is 173 cm³/mol. The summed E-state index contributed by atoms with van der Waals surface area (Å²) in [7, 11) is 0. The maximum Gasteiger partial charge on any atom is 0.165 e. The predicted octanol–water partition coefficient (Wildman–Crippen LogP) is 10.1. The number of nitrogens with zero attached hydrogens (tertiary/aromatic N) is 3. The van der Waals surface area contributed by atoms with Gasteiger partial charge in [-0.2, -0.15) is 0 Å². The van der Waals surface area contributed by atoms with Gasteiger partial charge < -0.3 is 0 Å². The summed E-state index contributed by atoms with van der Waals surface area (Å²) in [5.41, 5.74) is 2.99. The van der Waals surface area contributed by atoms with Crippen LogP contribution in [0.25, 0.3) is 86.7 Å². The van der Waals surface area contributed by atoms with E-state index >= 15 is 0 Å². The molecule has 0 saturated carbocycles. The van der Waals surface area contributed by atoms with Crippen LogP contribution in [0.4, 0.5) is 0 Å². The SMILES string of the molecule is c1ccc(-c2nc(-c3ccccc3)nc(-c3ccc4c5c6ccccc6ccc5c5cccc6sc3c4c65)n2)cc1. The first kappa shape index (κ1) is 22.6. The number of rotatable bonds is 3. The zero-order valence-corrected chi connectivity index (χ0v) is 22.7. The quantitative estimate of drug-likeness (QED) is 0.210. The number of benzene rings is 7. The van der Waals surface area contributed by atoms with Crippen LogP contribution in [0.2, 0.25) is 0 Å². The molecule has 0 N–H and O–H groups in total. The molecule has 9 aromatic rings. The van der Waals surface area contributed by atoms with E-state index in [-0.39, 0.29) is 0 Å². The van der Waals surface area contributed by atoms with E-state index in [0.29, 0.717) is 17.5 Å². The lowest BCUT2D eigenvalue weighted by Crippen LogP contribution is -2.00. The van der Waals surface area contributed by atoms with Gasteiger partial charge in [0.05, 0.1) is 0 Å². The van der Waals surface area contributed by atoms with Gasteiger partial charge >= 0.3 is 0 Å². The smallest absolute Gasteiger partial charge is 0.165 e. The van der Waals surface area contributed by atoms with Crippen LogP contribution in [0.15, 0.2) is 127 Å². The lowest BCUT2D eigenvalue weighted by Gasteiger charge is -2.13. The third-order valence-corrected chi connectivity index (χ3v) is 9.26. The van der Waals surface area contributed by atoms with E-state index in [9.17, 15) is 0 Å². The first-order chi connectivity index (χ1) is 20.3. The van der Waals surface area contributed by atoms with Gasteiger partial charge in [0.2, 0.25) is 0 Å². The van der Waals surface area contributed by atoms with Crippen molar-refractivity contribution in [3.05, 3.63) is 127 Å². The molecule has 2 heterocycles. The lowest BCUT2D eigenvalue weighted by molar-refractivity contribution is 1.08. The summed E-state index contributed by atoms with van der Waals surface area (Å²) in [6, 6.07) is 44.7. The molecular formula is C37H21N3S. The van der Waals surface area contributed by atoms with Gasteiger partial charge in [-0.1, -0.05) is 115 Å². The van der Waals surface area contributed by atoms with E-state index in [0.717, 1.165) is 16.7 Å². The molecule has 0 spiro atoms. The highest BCUT2D eigenvalue weighted by molar-refractivity contribution is 7.26. The molecule has 7 aromatic carbocycles. The number of fused-ring (bicyclic) bond motifs is 5. The summed E-state index contributed by atoms with van der Waals surface area (Å²) in [6.07, 6.45) is 0. The van der Waals surface area contributed by atoms with Gasteiger partial charge in [-0.05, 0) is 44.5 Å². The maximum atomic E-state index is 5.07. The van der Waals surface area contributed by atoms with Crippen LogP contribution in [0.3, 0.4) is 0 Å². The minimum atomic E-state index is 0.678. The normalized spacial score (nSPS) is 11.9. The largest absolute Gasteiger partial charge is 0.208 e. The molecule has 0 fully saturated rings. The summed E-state index contributed by atoms with van der Waals surface area (Å²) >= 11 is 1.83. The van der Waals surface area contributed by atoms with E-state index < -0.39 is 0 Å². The molecule has 4 heteroatoms. The Bertz CT molecular complexity index is 2350. The second kappa shape index (κ2) is 8.65. The topological polar surface area (TPSA) is 38.7 Å². The van der Waals surface area contributed by atoms with E-state index in [4.69, 9.17) is 15.0 Å². The van der Waals surface area contributed by atoms with Crippen LogP contribution in [-0.2, 0) is 0 Å². The Morgan fingerprint density at radius 2 is 1.00 bits per heavy atom. The molecule has 0 aliphatic heterocycles. The van der Waals surface area contributed by atoms with E-state index in [1.54, 1.807) is 0 Å². The van der Waals surface area contributed by atoms with Crippen molar-refractivity contribution in [1.29, 1.82) is 0 Å².